The van der Waals surface area contributed by atoms with E-state index < -0.39 is 29.0 Å². The van der Waals surface area contributed by atoms with Crippen LogP contribution < -0.4 is 15.2 Å². The first kappa shape index (κ1) is 31.7. The second kappa shape index (κ2) is 12.5. The number of halogens is 3. The lowest BCUT2D eigenvalue weighted by atomic mass is 9.99. The summed E-state index contributed by atoms with van der Waals surface area (Å²) in [5.41, 5.74) is -0.514. The van der Waals surface area contributed by atoms with E-state index in [-0.39, 0.29) is 60.3 Å². The predicted octanol–water partition coefficient (Wildman–Crippen LogP) is 4.40. The van der Waals surface area contributed by atoms with E-state index in [9.17, 15) is 28.0 Å². The molecule has 4 aromatic rings. The molecule has 1 fully saturated rings. The topological polar surface area (TPSA) is 120 Å². The van der Waals surface area contributed by atoms with Gasteiger partial charge in [0, 0.05) is 38.3 Å². The SMILES string of the molecule is C=CC(=O)N1CCN(c2nc(Oc3cccc4c3CCN(C)C4)nc3c(=O)n(-c4cccc(C)c4C(F)(F)F)ncc23)C[C@@H]1CC#N. The summed E-state index contributed by atoms with van der Waals surface area (Å²) in [4.78, 5) is 41.3. The standard InChI is InChI=1S/C33H31F3N8O3/c1-4-27(45)43-16-15-42(19-22(43)11-13-37)30-24-17-38-44(25-9-5-7-20(2)28(25)33(34,35)36)31(46)29(24)39-32(40-30)47-26-10-6-8-21-18-41(3)14-12-23(21)26/h4-10,17,22H,1,11-12,14-16,18-19H2,2-3H3/t22-/m0/s1. The molecule has 0 aliphatic carbocycles. The summed E-state index contributed by atoms with van der Waals surface area (Å²) in [5, 5.41) is 13.9. The van der Waals surface area contributed by atoms with E-state index in [0.29, 0.717) is 16.9 Å². The molecule has 0 N–H and O–H groups in total. The molecule has 2 aliphatic rings. The molecule has 2 aliphatic heterocycles. The third kappa shape index (κ3) is 6.01. The molecule has 0 bridgehead atoms. The van der Waals surface area contributed by atoms with E-state index in [1.54, 1.807) is 15.9 Å². The number of nitrogens with zero attached hydrogens (tertiary/aromatic N) is 8. The lowest BCUT2D eigenvalue weighted by Crippen LogP contribution is -2.55. The Morgan fingerprint density at radius 1 is 1.17 bits per heavy atom. The van der Waals surface area contributed by atoms with Crippen molar-refractivity contribution in [2.24, 2.45) is 0 Å². The van der Waals surface area contributed by atoms with Crippen molar-refractivity contribution in [1.29, 1.82) is 5.26 Å². The van der Waals surface area contributed by atoms with Gasteiger partial charge in [0.15, 0.2) is 0 Å². The Labute approximate surface area is 268 Å². The summed E-state index contributed by atoms with van der Waals surface area (Å²) in [7, 11) is 2.02. The first-order valence-electron chi connectivity index (χ1n) is 15.0. The Kier molecular flexibility index (Phi) is 8.42. The van der Waals surface area contributed by atoms with Crippen LogP contribution in [0.2, 0.25) is 0 Å². The first-order chi connectivity index (χ1) is 22.5. The molecule has 47 heavy (non-hydrogen) atoms. The Balaban J connectivity index is 1.52. The van der Waals surface area contributed by atoms with Crippen molar-refractivity contribution >= 4 is 22.6 Å². The van der Waals surface area contributed by atoms with Crippen molar-refractivity contribution in [2.75, 3.05) is 38.1 Å². The van der Waals surface area contributed by atoms with Crippen LogP contribution in [0.1, 0.15) is 28.7 Å². The second-order valence-corrected chi connectivity index (χ2v) is 11.6. The molecule has 0 spiro atoms. The molecule has 0 unspecified atom stereocenters. The number of aromatic nitrogens is 4. The number of carbonyl (C=O) groups excluding carboxylic acids is 1. The predicted molar refractivity (Wildman–Crippen MR) is 167 cm³/mol. The largest absolute Gasteiger partial charge is 0.424 e. The Morgan fingerprint density at radius 2 is 1.96 bits per heavy atom. The molecule has 0 saturated carbocycles. The maximum absolute atomic E-state index is 14.2. The van der Waals surface area contributed by atoms with Crippen LogP contribution in [0.4, 0.5) is 19.0 Å². The van der Waals surface area contributed by atoms with Crippen molar-refractivity contribution in [3.05, 3.63) is 87.9 Å². The average molecular weight is 645 g/mol. The number of hydrogen-bond acceptors (Lipinski definition) is 9. The third-order valence-corrected chi connectivity index (χ3v) is 8.55. The summed E-state index contributed by atoms with van der Waals surface area (Å²) < 4.78 is 49.5. The van der Waals surface area contributed by atoms with Gasteiger partial charge in [0.25, 0.3) is 5.56 Å². The molecule has 1 atom stereocenters. The van der Waals surface area contributed by atoms with Gasteiger partial charge in [-0.05, 0) is 49.7 Å². The minimum absolute atomic E-state index is 0.0334. The number of hydrogen-bond donors (Lipinski definition) is 0. The van der Waals surface area contributed by atoms with Crippen LogP contribution in [0.5, 0.6) is 11.8 Å². The quantitative estimate of drug-likeness (QED) is 0.281. The van der Waals surface area contributed by atoms with Crippen LogP contribution >= 0.6 is 0 Å². The molecule has 4 heterocycles. The van der Waals surface area contributed by atoms with E-state index >= 15 is 0 Å². The fourth-order valence-electron chi connectivity index (χ4n) is 6.29. The fraction of sp³-hybridized carbons (Fsp3) is 0.333. The number of alkyl halides is 3. The normalized spacial score (nSPS) is 16.9. The lowest BCUT2D eigenvalue weighted by molar-refractivity contribution is -0.138. The number of likely N-dealkylation sites (N-methyl/N-ethyl adjacent to an activating group) is 1. The lowest BCUT2D eigenvalue weighted by Gasteiger charge is -2.41. The number of fused-ring (bicyclic) bond motifs is 2. The van der Waals surface area contributed by atoms with E-state index in [0.717, 1.165) is 24.2 Å². The van der Waals surface area contributed by atoms with Gasteiger partial charge in [-0.3, -0.25) is 9.59 Å². The molecule has 6 rings (SSSR count). The van der Waals surface area contributed by atoms with Crippen LogP contribution in [0, 0.1) is 18.3 Å². The molecular weight excluding hydrogens is 613 g/mol. The number of carbonyl (C=O) groups is 1. The molecule has 2 aromatic carbocycles. The Morgan fingerprint density at radius 3 is 2.70 bits per heavy atom. The van der Waals surface area contributed by atoms with Crippen LogP contribution in [0.15, 0.2) is 60.0 Å². The van der Waals surface area contributed by atoms with Gasteiger partial charge >= 0.3 is 12.2 Å². The highest BCUT2D eigenvalue weighted by Gasteiger charge is 2.37. The number of piperazine rings is 1. The average Bonchev–Trinajstić information content (AvgIpc) is 3.04. The number of anilines is 1. The first-order valence-corrected chi connectivity index (χ1v) is 15.0. The van der Waals surface area contributed by atoms with Crippen LogP contribution in [-0.2, 0) is 23.9 Å². The van der Waals surface area contributed by atoms with Crippen LogP contribution in [0.25, 0.3) is 16.6 Å². The number of aryl methyl sites for hydroxylation is 1. The van der Waals surface area contributed by atoms with Gasteiger partial charge in [0.05, 0.1) is 41.4 Å². The smallest absolute Gasteiger partial charge is 0.418 e. The molecule has 0 radical (unpaired) electrons. The van der Waals surface area contributed by atoms with Gasteiger partial charge in [0.2, 0.25) is 5.91 Å². The Hall–Kier alpha value is -5.29. The number of ether oxygens (including phenoxy) is 1. The van der Waals surface area contributed by atoms with Crippen molar-refractivity contribution < 1.29 is 22.7 Å². The Bertz CT molecular complexity index is 1990. The number of rotatable bonds is 6. The zero-order valence-corrected chi connectivity index (χ0v) is 25.8. The molecule has 1 saturated heterocycles. The summed E-state index contributed by atoms with van der Waals surface area (Å²) in [6.45, 7) is 7.10. The molecule has 2 aromatic heterocycles. The molecule has 1 amide bonds. The summed E-state index contributed by atoms with van der Waals surface area (Å²) >= 11 is 0. The van der Waals surface area contributed by atoms with E-state index in [1.807, 2.05) is 19.2 Å². The van der Waals surface area contributed by atoms with E-state index in [2.05, 4.69) is 27.6 Å². The zero-order valence-electron chi connectivity index (χ0n) is 25.8. The summed E-state index contributed by atoms with van der Waals surface area (Å²) in [6.07, 6.45) is -1.55. The molecule has 14 heteroatoms. The highest BCUT2D eigenvalue weighted by Crippen LogP contribution is 2.37. The second-order valence-electron chi connectivity index (χ2n) is 11.6. The van der Waals surface area contributed by atoms with Crippen LogP contribution in [0.3, 0.4) is 0 Å². The monoisotopic (exact) mass is 644 g/mol. The van der Waals surface area contributed by atoms with E-state index in [1.165, 1.54) is 37.4 Å². The molecular formula is C33H31F3N8O3. The maximum atomic E-state index is 14.2. The molecule has 11 nitrogen and oxygen atoms in total. The van der Waals surface area contributed by atoms with Gasteiger partial charge in [0.1, 0.15) is 17.1 Å². The number of nitriles is 1. The van der Waals surface area contributed by atoms with Crippen molar-refractivity contribution in [1.82, 2.24) is 29.5 Å². The van der Waals surface area contributed by atoms with Gasteiger partial charge in [-0.1, -0.05) is 30.8 Å². The van der Waals surface area contributed by atoms with Crippen molar-refractivity contribution in [3.63, 3.8) is 0 Å². The fourth-order valence-corrected chi connectivity index (χ4v) is 6.29. The van der Waals surface area contributed by atoms with Crippen LogP contribution in [-0.4, -0.2) is 74.7 Å². The third-order valence-electron chi connectivity index (χ3n) is 8.55. The zero-order chi connectivity index (χ0) is 33.5. The van der Waals surface area contributed by atoms with E-state index in [4.69, 9.17) is 9.72 Å². The van der Waals surface area contributed by atoms with Gasteiger partial charge < -0.3 is 19.4 Å². The van der Waals surface area contributed by atoms with Crippen molar-refractivity contribution in [3.8, 4) is 23.5 Å². The van der Waals surface area contributed by atoms with Gasteiger partial charge in [-0.25, -0.2) is 0 Å². The maximum Gasteiger partial charge on any atom is 0.418 e. The highest BCUT2D eigenvalue weighted by atomic mass is 19.4. The number of amides is 1. The number of benzene rings is 2. The minimum atomic E-state index is -4.75. The van der Waals surface area contributed by atoms with Gasteiger partial charge in [-0.15, -0.1) is 0 Å². The highest BCUT2D eigenvalue weighted by molar-refractivity contribution is 5.90. The van der Waals surface area contributed by atoms with Crippen molar-refractivity contribution in [2.45, 2.75) is 38.5 Å². The summed E-state index contributed by atoms with van der Waals surface area (Å²) in [5.74, 6) is 0.446. The molecule has 242 valence electrons. The summed E-state index contributed by atoms with van der Waals surface area (Å²) in [6, 6.07) is 11.0. The van der Waals surface area contributed by atoms with Gasteiger partial charge in [-0.2, -0.15) is 38.2 Å². The minimum Gasteiger partial charge on any atom is -0.424 e.